The molecular formula is C20H17FN4O4S. The molecule has 0 saturated heterocycles. The summed E-state index contributed by atoms with van der Waals surface area (Å²) < 4.78 is 23.5. The fraction of sp³-hybridized carbons (Fsp3) is 0.150. The number of anilines is 2. The van der Waals surface area contributed by atoms with Crippen LogP contribution in [0.2, 0.25) is 0 Å². The lowest BCUT2D eigenvalue weighted by molar-refractivity contribution is 0.0954. The van der Waals surface area contributed by atoms with Crippen LogP contribution in [0.15, 0.2) is 42.5 Å². The van der Waals surface area contributed by atoms with Crippen LogP contribution >= 0.6 is 11.3 Å². The lowest BCUT2D eigenvalue weighted by atomic mass is 10.2. The number of aromatic nitrogens is 1. The van der Waals surface area contributed by atoms with Crippen molar-refractivity contribution in [1.82, 2.24) is 10.3 Å². The molecule has 2 aromatic carbocycles. The second-order valence-electron chi connectivity index (χ2n) is 6.39. The smallest absolute Gasteiger partial charge is 0.325 e. The molecule has 30 heavy (non-hydrogen) atoms. The molecule has 1 aliphatic heterocycles. The Balaban J connectivity index is 1.35. The van der Waals surface area contributed by atoms with Crippen LogP contribution in [-0.2, 0) is 6.54 Å². The van der Waals surface area contributed by atoms with Gasteiger partial charge in [0, 0.05) is 12.2 Å². The Morgan fingerprint density at radius 3 is 2.67 bits per heavy atom. The lowest BCUT2D eigenvalue weighted by Crippen LogP contribution is -2.22. The summed E-state index contributed by atoms with van der Waals surface area (Å²) in [4.78, 5) is 29.2. The van der Waals surface area contributed by atoms with Crippen molar-refractivity contribution in [3.05, 3.63) is 64.4 Å². The highest BCUT2D eigenvalue weighted by atomic mass is 32.1. The van der Waals surface area contributed by atoms with E-state index in [2.05, 4.69) is 20.9 Å². The molecule has 0 saturated carbocycles. The second-order valence-corrected chi connectivity index (χ2v) is 7.39. The van der Waals surface area contributed by atoms with Gasteiger partial charge in [-0.3, -0.25) is 10.1 Å². The fourth-order valence-electron chi connectivity index (χ4n) is 2.77. The van der Waals surface area contributed by atoms with Crippen molar-refractivity contribution in [1.29, 1.82) is 0 Å². The maximum atomic E-state index is 12.9. The predicted octanol–water partition coefficient (Wildman–Crippen LogP) is 3.89. The Kier molecular flexibility index (Phi) is 5.48. The van der Waals surface area contributed by atoms with E-state index in [1.165, 1.54) is 24.3 Å². The van der Waals surface area contributed by atoms with Gasteiger partial charge in [-0.2, -0.15) is 0 Å². The number of ether oxygens (including phenoxy) is 2. The van der Waals surface area contributed by atoms with Gasteiger partial charge in [0.25, 0.3) is 5.91 Å². The molecule has 1 aliphatic rings. The third kappa shape index (κ3) is 4.49. The highest BCUT2D eigenvalue weighted by Gasteiger charge is 2.18. The maximum Gasteiger partial charge on any atom is 0.325 e. The molecule has 0 spiro atoms. The molecule has 3 amide bonds. The van der Waals surface area contributed by atoms with Crippen molar-refractivity contribution in [2.75, 3.05) is 17.4 Å². The van der Waals surface area contributed by atoms with Crippen LogP contribution in [0.1, 0.15) is 20.9 Å². The normalized spacial score (nSPS) is 11.8. The summed E-state index contributed by atoms with van der Waals surface area (Å²) in [5, 5.41) is 8.25. The quantitative estimate of drug-likeness (QED) is 0.572. The molecule has 0 atom stereocenters. The average Bonchev–Trinajstić information content (AvgIpc) is 3.33. The molecule has 0 bridgehead atoms. The molecule has 8 nitrogen and oxygen atoms in total. The van der Waals surface area contributed by atoms with E-state index in [-0.39, 0.29) is 17.8 Å². The third-order valence-corrected chi connectivity index (χ3v) is 5.29. The largest absolute Gasteiger partial charge is 0.454 e. The van der Waals surface area contributed by atoms with Gasteiger partial charge in [0.15, 0.2) is 16.6 Å². The van der Waals surface area contributed by atoms with E-state index >= 15 is 0 Å². The van der Waals surface area contributed by atoms with Crippen LogP contribution in [0.5, 0.6) is 11.5 Å². The molecule has 4 rings (SSSR count). The first kappa shape index (κ1) is 19.6. The van der Waals surface area contributed by atoms with Gasteiger partial charge in [0.05, 0.1) is 5.69 Å². The van der Waals surface area contributed by atoms with Crippen molar-refractivity contribution in [3.63, 3.8) is 0 Å². The van der Waals surface area contributed by atoms with Crippen molar-refractivity contribution >= 4 is 34.1 Å². The summed E-state index contributed by atoms with van der Waals surface area (Å²) in [5.41, 5.74) is 1.80. The van der Waals surface area contributed by atoms with Crippen molar-refractivity contribution in [2.45, 2.75) is 13.5 Å². The Labute approximate surface area is 175 Å². The average molecular weight is 428 g/mol. The molecule has 2 heterocycles. The highest BCUT2D eigenvalue weighted by molar-refractivity contribution is 7.17. The molecule has 1 aromatic heterocycles. The van der Waals surface area contributed by atoms with Crippen molar-refractivity contribution in [2.24, 2.45) is 0 Å². The minimum Gasteiger partial charge on any atom is -0.454 e. The number of nitrogens with zero attached hydrogens (tertiary/aromatic N) is 1. The monoisotopic (exact) mass is 428 g/mol. The fourth-order valence-corrected chi connectivity index (χ4v) is 3.64. The van der Waals surface area contributed by atoms with E-state index in [4.69, 9.17) is 9.47 Å². The molecule has 0 fully saturated rings. The zero-order valence-corrected chi connectivity index (χ0v) is 16.6. The summed E-state index contributed by atoms with van der Waals surface area (Å²) in [6, 6.07) is 10.3. The Morgan fingerprint density at radius 2 is 1.87 bits per heavy atom. The van der Waals surface area contributed by atoms with E-state index in [0.29, 0.717) is 34.3 Å². The first-order valence-corrected chi connectivity index (χ1v) is 9.77. The Bertz CT molecular complexity index is 1100. The summed E-state index contributed by atoms with van der Waals surface area (Å²) in [5.74, 6) is 0.634. The van der Waals surface area contributed by atoms with Gasteiger partial charge >= 0.3 is 6.03 Å². The number of rotatable bonds is 5. The highest BCUT2D eigenvalue weighted by Crippen LogP contribution is 2.32. The number of carbonyl (C=O) groups is 2. The van der Waals surface area contributed by atoms with Crippen LogP contribution < -0.4 is 25.4 Å². The van der Waals surface area contributed by atoms with E-state index in [9.17, 15) is 14.0 Å². The number of hydrogen-bond donors (Lipinski definition) is 3. The second kappa shape index (κ2) is 8.37. The number of aryl methyl sites for hydroxylation is 1. The van der Waals surface area contributed by atoms with Crippen LogP contribution in [0.25, 0.3) is 0 Å². The number of halogens is 1. The van der Waals surface area contributed by atoms with Gasteiger partial charge in [-0.25, -0.2) is 14.2 Å². The lowest BCUT2D eigenvalue weighted by Gasteiger charge is -2.05. The number of nitrogens with one attached hydrogen (secondary N) is 3. The number of hydrogen-bond acceptors (Lipinski definition) is 6. The number of carbonyl (C=O) groups excluding carboxylic acids is 2. The standard InChI is InChI=1S/C20H17FN4O4S/c1-11-17(18(26)22-9-12-2-7-15-16(8-12)29-10-28-15)30-20(23-11)25-19(27)24-14-5-3-13(21)4-6-14/h2-8H,9-10H2,1H3,(H,22,26)(H2,23,24,25,27). The first-order valence-electron chi connectivity index (χ1n) is 8.95. The zero-order valence-electron chi connectivity index (χ0n) is 15.8. The summed E-state index contributed by atoms with van der Waals surface area (Å²) in [6.45, 7) is 2.19. The zero-order chi connectivity index (χ0) is 21.1. The molecule has 0 unspecified atom stereocenters. The molecule has 0 radical (unpaired) electrons. The molecule has 3 aromatic rings. The van der Waals surface area contributed by atoms with E-state index < -0.39 is 11.8 Å². The topological polar surface area (TPSA) is 102 Å². The third-order valence-electron chi connectivity index (χ3n) is 4.22. The molecule has 0 aliphatic carbocycles. The van der Waals surface area contributed by atoms with Crippen molar-refractivity contribution in [3.8, 4) is 11.5 Å². The van der Waals surface area contributed by atoms with Crippen molar-refractivity contribution < 1.29 is 23.5 Å². The number of amides is 3. The molecule has 154 valence electrons. The van der Waals surface area contributed by atoms with Crippen LogP contribution in [0, 0.1) is 12.7 Å². The molecular weight excluding hydrogens is 411 g/mol. The Hall–Kier alpha value is -3.66. The van der Waals surface area contributed by atoms with Gasteiger partial charge in [0.2, 0.25) is 6.79 Å². The predicted molar refractivity (Wildman–Crippen MR) is 110 cm³/mol. The summed E-state index contributed by atoms with van der Waals surface area (Å²) >= 11 is 1.06. The Morgan fingerprint density at radius 1 is 1.10 bits per heavy atom. The number of benzene rings is 2. The van der Waals surface area contributed by atoms with Gasteiger partial charge in [-0.1, -0.05) is 17.4 Å². The summed E-state index contributed by atoms with van der Waals surface area (Å²) in [7, 11) is 0. The van der Waals surface area contributed by atoms with Crippen LogP contribution in [0.4, 0.5) is 20.0 Å². The van der Waals surface area contributed by atoms with Gasteiger partial charge in [-0.05, 0) is 48.9 Å². The van der Waals surface area contributed by atoms with E-state index in [0.717, 1.165) is 16.9 Å². The molecule has 3 N–H and O–H groups in total. The van der Waals surface area contributed by atoms with Gasteiger partial charge in [-0.15, -0.1) is 0 Å². The van der Waals surface area contributed by atoms with Gasteiger partial charge in [0.1, 0.15) is 10.7 Å². The van der Waals surface area contributed by atoms with Gasteiger partial charge < -0.3 is 20.1 Å². The summed E-state index contributed by atoms with van der Waals surface area (Å²) in [6.07, 6.45) is 0. The molecule has 10 heteroatoms. The van der Waals surface area contributed by atoms with E-state index in [1.54, 1.807) is 13.0 Å². The van der Waals surface area contributed by atoms with Crippen LogP contribution in [-0.4, -0.2) is 23.7 Å². The van der Waals surface area contributed by atoms with Crippen LogP contribution in [0.3, 0.4) is 0 Å². The maximum absolute atomic E-state index is 12.9. The number of thiazole rings is 1. The van der Waals surface area contributed by atoms with E-state index in [1.807, 2.05) is 12.1 Å². The number of fused-ring (bicyclic) bond motifs is 1. The minimum atomic E-state index is -0.539. The first-order chi connectivity index (χ1) is 14.5. The SMILES string of the molecule is Cc1nc(NC(=O)Nc2ccc(F)cc2)sc1C(=O)NCc1ccc2c(c1)OCO2. The number of urea groups is 1. The minimum absolute atomic E-state index is 0.190.